The Morgan fingerprint density at radius 2 is 2.05 bits per heavy atom. The summed E-state index contributed by atoms with van der Waals surface area (Å²) in [6, 6.07) is -0.334. The summed E-state index contributed by atoms with van der Waals surface area (Å²) in [5.41, 5.74) is 0. The lowest BCUT2D eigenvalue weighted by Gasteiger charge is -2.34. The van der Waals surface area contributed by atoms with Crippen LogP contribution in [-0.4, -0.2) is 54.7 Å². The molecular formula is C12H21NO6S. The average molecular weight is 307 g/mol. The van der Waals surface area contributed by atoms with Crippen LogP contribution in [0.2, 0.25) is 0 Å². The lowest BCUT2D eigenvalue weighted by atomic mass is 10.0. The minimum atomic E-state index is -3.74. The second-order valence-electron chi connectivity index (χ2n) is 4.75. The Balaban J connectivity index is 2.72. The molecule has 0 radical (unpaired) electrons. The van der Waals surface area contributed by atoms with Crippen LogP contribution in [0, 0.1) is 0 Å². The molecule has 1 heterocycles. The Morgan fingerprint density at radius 3 is 2.65 bits per heavy atom. The number of sulfonamides is 1. The highest BCUT2D eigenvalue weighted by atomic mass is 32.2. The molecule has 8 heteroatoms. The van der Waals surface area contributed by atoms with Crippen molar-refractivity contribution in [3.8, 4) is 0 Å². The largest absolute Gasteiger partial charge is 0.481 e. The lowest BCUT2D eigenvalue weighted by molar-refractivity contribution is -0.140. The number of aliphatic carboxylic acids is 1. The number of carbonyl (C=O) groups excluding carboxylic acids is 1. The smallest absolute Gasteiger partial charge is 0.322 e. The maximum Gasteiger partial charge on any atom is 0.322 e. The zero-order chi connectivity index (χ0) is 15.2. The van der Waals surface area contributed by atoms with E-state index in [2.05, 4.69) is 4.74 Å². The molecule has 0 aromatic heterocycles. The van der Waals surface area contributed by atoms with Gasteiger partial charge in [-0.2, -0.15) is 4.31 Å². The van der Waals surface area contributed by atoms with Crippen molar-refractivity contribution in [3.05, 3.63) is 0 Å². The predicted molar refractivity (Wildman–Crippen MR) is 71.6 cm³/mol. The van der Waals surface area contributed by atoms with E-state index in [0.717, 1.165) is 12.8 Å². The van der Waals surface area contributed by atoms with Crippen molar-refractivity contribution >= 4 is 22.0 Å². The van der Waals surface area contributed by atoms with Gasteiger partial charge in [0.25, 0.3) is 0 Å². The van der Waals surface area contributed by atoms with Crippen molar-refractivity contribution < 1.29 is 27.9 Å². The van der Waals surface area contributed by atoms with Gasteiger partial charge in [-0.3, -0.25) is 9.59 Å². The molecule has 116 valence electrons. The van der Waals surface area contributed by atoms with Crippen molar-refractivity contribution in [1.29, 1.82) is 0 Å². The Labute approximate surface area is 118 Å². The maximum absolute atomic E-state index is 12.2. The number of carbonyl (C=O) groups is 2. The van der Waals surface area contributed by atoms with E-state index in [1.54, 1.807) is 6.92 Å². The van der Waals surface area contributed by atoms with Gasteiger partial charge in [-0.25, -0.2) is 8.42 Å². The summed E-state index contributed by atoms with van der Waals surface area (Å²) < 4.78 is 30.3. The Kier molecular flexibility index (Phi) is 6.41. The average Bonchev–Trinajstić information content (AvgIpc) is 2.36. The molecule has 1 N–H and O–H groups in total. The van der Waals surface area contributed by atoms with Gasteiger partial charge in [0.05, 0.1) is 6.61 Å². The van der Waals surface area contributed by atoms with Crippen molar-refractivity contribution in [2.45, 2.75) is 45.1 Å². The first-order valence-electron chi connectivity index (χ1n) is 6.73. The van der Waals surface area contributed by atoms with Gasteiger partial charge >= 0.3 is 11.9 Å². The molecule has 7 nitrogen and oxygen atoms in total. The second-order valence-corrected chi connectivity index (χ2v) is 6.68. The van der Waals surface area contributed by atoms with Crippen molar-refractivity contribution in [3.63, 3.8) is 0 Å². The SMILES string of the molecule is CCOC(=O)CS(=O)(=O)N1CCCCC1CCC(=O)O. The van der Waals surface area contributed by atoms with Gasteiger partial charge < -0.3 is 9.84 Å². The highest BCUT2D eigenvalue weighted by molar-refractivity contribution is 7.89. The van der Waals surface area contributed by atoms with E-state index < -0.39 is 27.7 Å². The molecule has 0 aromatic rings. The van der Waals surface area contributed by atoms with Crippen LogP contribution in [-0.2, 0) is 24.3 Å². The third-order valence-electron chi connectivity index (χ3n) is 3.23. The van der Waals surface area contributed by atoms with Crippen LogP contribution in [0.1, 0.15) is 39.0 Å². The number of nitrogens with zero attached hydrogens (tertiary/aromatic N) is 1. The minimum absolute atomic E-state index is 0.0733. The molecule has 0 saturated carbocycles. The lowest BCUT2D eigenvalue weighted by Crippen LogP contribution is -2.46. The molecule has 0 aliphatic carbocycles. The second kappa shape index (κ2) is 7.58. The molecule has 1 atom stereocenters. The van der Waals surface area contributed by atoms with E-state index in [1.165, 1.54) is 4.31 Å². The highest BCUT2D eigenvalue weighted by Gasteiger charge is 2.34. The number of hydrogen-bond donors (Lipinski definition) is 1. The highest BCUT2D eigenvalue weighted by Crippen LogP contribution is 2.24. The van der Waals surface area contributed by atoms with Gasteiger partial charge in [-0.15, -0.1) is 0 Å². The monoisotopic (exact) mass is 307 g/mol. The third kappa shape index (κ3) is 5.09. The summed E-state index contributed by atoms with van der Waals surface area (Å²) in [5, 5.41) is 8.71. The number of esters is 1. The fourth-order valence-electron chi connectivity index (χ4n) is 2.35. The molecular weight excluding hydrogens is 286 g/mol. The number of piperidine rings is 1. The number of ether oxygens (including phenoxy) is 1. The summed E-state index contributed by atoms with van der Waals surface area (Å²) in [4.78, 5) is 22.0. The van der Waals surface area contributed by atoms with Gasteiger partial charge in [-0.05, 0) is 26.2 Å². The van der Waals surface area contributed by atoms with E-state index in [9.17, 15) is 18.0 Å². The fourth-order valence-corrected chi connectivity index (χ4v) is 3.97. The zero-order valence-corrected chi connectivity index (χ0v) is 12.4. The normalized spacial score (nSPS) is 20.6. The van der Waals surface area contributed by atoms with Crippen LogP contribution in [0.15, 0.2) is 0 Å². The van der Waals surface area contributed by atoms with E-state index >= 15 is 0 Å². The standard InChI is InChI=1S/C12H21NO6S/c1-2-19-12(16)9-20(17,18)13-8-4-3-5-10(13)6-7-11(14)15/h10H,2-9H2,1H3,(H,14,15). The molecule has 0 bridgehead atoms. The summed E-state index contributed by atoms with van der Waals surface area (Å²) >= 11 is 0. The van der Waals surface area contributed by atoms with Crippen LogP contribution in [0.3, 0.4) is 0 Å². The number of rotatable bonds is 7. The molecule has 1 saturated heterocycles. The van der Waals surface area contributed by atoms with Gasteiger partial charge in [0, 0.05) is 19.0 Å². The number of hydrogen-bond acceptors (Lipinski definition) is 5. The van der Waals surface area contributed by atoms with Crippen molar-refractivity contribution in [2.75, 3.05) is 18.9 Å². The van der Waals surface area contributed by atoms with Crippen LogP contribution in [0.4, 0.5) is 0 Å². The molecule has 20 heavy (non-hydrogen) atoms. The first-order valence-corrected chi connectivity index (χ1v) is 8.34. The molecule has 0 aromatic carbocycles. The van der Waals surface area contributed by atoms with Crippen molar-refractivity contribution in [1.82, 2.24) is 4.31 Å². The third-order valence-corrected chi connectivity index (χ3v) is 5.02. The van der Waals surface area contributed by atoms with Gasteiger partial charge in [-0.1, -0.05) is 6.42 Å². The van der Waals surface area contributed by atoms with Crippen LogP contribution in [0.5, 0.6) is 0 Å². The number of carboxylic acids is 1. The number of carboxylic acid groups (broad SMARTS) is 1. The minimum Gasteiger partial charge on any atom is -0.481 e. The van der Waals surface area contributed by atoms with Gasteiger partial charge in [0.1, 0.15) is 0 Å². The molecule has 1 rings (SSSR count). The molecule has 0 spiro atoms. The Hall–Kier alpha value is -1.15. The van der Waals surface area contributed by atoms with Crippen LogP contribution >= 0.6 is 0 Å². The summed E-state index contributed by atoms with van der Waals surface area (Å²) in [6.07, 6.45) is 2.43. The summed E-state index contributed by atoms with van der Waals surface area (Å²) in [5.74, 6) is -2.39. The van der Waals surface area contributed by atoms with E-state index in [4.69, 9.17) is 5.11 Å². The predicted octanol–water partition coefficient (Wildman–Crippen LogP) is 0.599. The zero-order valence-electron chi connectivity index (χ0n) is 11.6. The molecule has 1 aliphatic heterocycles. The molecule has 1 unspecified atom stereocenters. The fraction of sp³-hybridized carbons (Fsp3) is 0.833. The molecule has 1 aliphatic rings. The van der Waals surface area contributed by atoms with Crippen molar-refractivity contribution in [2.24, 2.45) is 0 Å². The van der Waals surface area contributed by atoms with Crippen LogP contribution in [0.25, 0.3) is 0 Å². The first kappa shape index (κ1) is 16.9. The van der Waals surface area contributed by atoms with Crippen LogP contribution < -0.4 is 0 Å². The quantitative estimate of drug-likeness (QED) is 0.691. The first-order chi connectivity index (χ1) is 9.36. The maximum atomic E-state index is 12.2. The topological polar surface area (TPSA) is 101 Å². The Bertz CT molecular complexity index is 447. The Morgan fingerprint density at radius 1 is 1.35 bits per heavy atom. The summed E-state index contributed by atoms with van der Waals surface area (Å²) in [6.45, 7) is 2.09. The van der Waals surface area contributed by atoms with E-state index in [0.29, 0.717) is 13.0 Å². The molecule has 1 fully saturated rings. The van der Waals surface area contributed by atoms with Gasteiger partial charge in [0.2, 0.25) is 10.0 Å². The summed E-state index contributed by atoms with van der Waals surface area (Å²) in [7, 11) is -3.74. The van der Waals surface area contributed by atoms with E-state index in [-0.39, 0.29) is 25.5 Å². The van der Waals surface area contributed by atoms with E-state index in [1.807, 2.05) is 0 Å². The molecule has 0 amide bonds. The van der Waals surface area contributed by atoms with Gasteiger partial charge in [0.15, 0.2) is 5.75 Å².